The second kappa shape index (κ2) is 5.27. The van der Waals surface area contributed by atoms with E-state index in [2.05, 4.69) is 57.8 Å². The maximum absolute atomic E-state index is 6.18. The van der Waals surface area contributed by atoms with E-state index in [1.54, 1.807) is 11.3 Å². The first-order valence-electron chi connectivity index (χ1n) is 6.36. The molecular weight excluding hydrogens is 322 g/mol. The summed E-state index contributed by atoms with van der Waals surface area (Å²) in [5, 5.41) is 5.51. The van der Waals surface area contributed by atoms with Crippen molar-refractivity contribution in [3.05, 3.63) is 50.1 Å². The van der Waals surface area contributed by atoms with E-state index < -0.39 is 0 Å². The van der Waals surface area contributed by atoms with Crippen LogP contribution in [0.2, 0.25) is 0 Å². The average molecular weight is 338 g/mol. The first kappa shape index (κ1) is 13.2. The lowest BCUT2D eigenvalue weighted by Crippen LogP contribution is -2.26. The van der Waals surface area contributed by atoms with Gasteiger partial charge in [-0.1, -0.05) is 17.7 Å². The summed E-state index contributed by atoms with van der Waals surface area (Å²) < 4.78 is 7.33. The number of aryl methyl sites for hydroxylation is 1. The maximum atomic E-state index is 6.18. The van der Waals surface area contributed by atoms with Gasteiger partial charge in [-0.05, 0) is 47.4 Å². The Balaban J connectivity index is 1.98. The van der Waals surface area contributed by atoms with Crippen LogP contribution in [0.4, 0.5) is 0 Å². The number of halogens is 1. The molecule has 2 aromatic rings. The van der Waals surface area contributed by atoms with Crippen LogP contribution in [0.3, 0.4) is 0 Å². The van der Waals surface area contributed by atoms with Crippen LogP contribution in [0.5, 0.6) is 5.75 Å². The minimum atomic E-state index is 0.127. The summed E-state index contributed by atoms with van der Waals surface area (Å²) in [4.78, 5) is 1.27. The monoisotopic (exact) mass is 337 g/mol. The Kier molecular flexibility index (Phi) is 3.65. The van der Waals surface area contributed by atoms with Crippen molar-refractivity contribution in [2.24, 2.45) is 0 Å². The maximum Gasteiger partial charge on any atom is 0.136 e. The largest absolute Gasteiger partial charge is 0.484 e. The molecule has 4 heteroatoms. The van der Waals surface area contributed by atoms with E-state index in [4.69, 9.17) is 4.74 Å². The van der Waals surface area contributed by atoms with Crippen molar-refractivity contribution in [3.8, 4) is 5.75 Å². The molecule has 2 unspecified atom stereocenters. The molecule has 100 valence electrons. The fourth-order valence-electron chi connectivity index (χ4n) is 2.56. The number of rotatable bonds is 2. The molecule has 0 fully saturated rings. The highest BCUT2D eigenvalue weighted by Crippen LogP contribution is 2.44. The topological polar surface area (TPSA) is 21.3 Å². The van der Waals surface area contributed by atoms with Gasteiger partial charge in [0, 0.05) is 22.5 Å². The fraction of sp³-hybridized carbons (Fsp3) is 0.333. The van der Waals surface area contributed by atoms with Crippen molar-refractivity contribution in [1.29, 1.82) is 0 Å². The number of fused-ring (bicyclic) bond motifs is 1. The third kappa shape index (κ3) is 2.45. The number of benzene rings is 1. The molecule has 0 amide bonds. The summed E-state index contributed by atoms with van der Waals surface area (Å²) in [6.07, 6.45) is 1.09. The van der Waals surface area contributed by atoms with E-state index in [1.807, 2.05) is 7.05 Å². The van der Waals surface area contributed by atoms with E-state index in [0.717, 1.165) is 16.6 Å². The molecule has 1 aliphatic heterocycles. The molecule has 2 atom stereocenters. The van der Waals surface area contributed by atoms with E-state index >= 15 is 0 Å². The van der Waals surface area contributed by atoms with Gasteiger partial charge in [0.15, 0.2) is 0 Å². The predicted molar refractivity (Wildman–Crippen MR) is 83.0 cm³/mol. The molecule has 1 aromatic carbocycles. The van der Waals surface area contributed by atoms with E-state index in [9.17, 15) is 0 Å². The molecule has 2 heterocycles. The number of nitrogens with one attached hydrogen (secondary N) is 1. The first-order chi connectivity index (χ1) is 9.19. The van der Waals surface area contributed by atoms with Gasteiger partial charge in [0.1, 0.15) is 11.9 Å². The Hall–Kier alpha value is -0.840. The van der Waals surface area contributed by atoms with Gasteiger partial charge in [0.2, 0.25) is 0 Å². The molecule has 1 aromatic heterocycles. The van der Waals surface area contributed by atoms with Crippen LogP contribution in [-0.4, -0.2) is 7.05 Å². The Labute approximate surface area is 125 Å². The van der Waals surface area contributed by atoms with Gasteiger partial charge in [0.25, 0.3) is 0 Å². The standard InChI is InChI=1S/C15H16BrNOS/c1-9-3-4-13-10(7-9)12(17-2)8-14(18-13)15-11(16)5-6-19-15/h3-7,12,14,17H,8H2,1-2H3. The third-order valence-corrected chi connectivity index (χ3v) is 5.51. The predicted octanol–water partition coefficient (Wildman–Crippen LogP) is 4.60. The third-order valence-electron chi connectivity index (χ3n) is 3.55. The van der Waals surface area contributed by atoms with Crippen LogP contribution in [-0.2, 0) is 0 Å². The summed E-state index contributed by atoms with van der Waals surface area (Å²) in [7, 11) is 2.02. The second-order valence-corrected chi connectivity index (χ2v) is 6.66. The Bertz CT molecular complexity index is 596. The minimum Gasteiger partial charge on any atom is -0.484 e. The van der Waals surface area contributed by atoms with Crippen LogP contribution >= 0.6 is 27.3 Å². The van der Waals surface area contributed by atoms with Crippen molar-refractivity contribution in [3.63, 3.8) is 0 Å². The van der Waals surface area contributed by atoms with Crippen LogP contribution in [0.25, 0.3) is 0 Å². The molecule has 1 N–H and O–H groups in total. The van der Waals surface area contributed by atoms with Gasteiger partial charge >= 0.3 is 0 Å². The van der Waals surface area contributed by atoms with Crippen LogP contribution in [0.1, 0.15) is 34.6 Å². The molecule has 19 heavy (non-hydrogen) atoms. The lowest BCUT2D eigenvalue weighted by molar-refractivity contribution is 0.156. The lowest BCUT2D eigenvalue weighted by atomic mass is 9.94. The van der Waals surface area contributed by atoms with Gasteiger partial charge in [-0.25, -0.2) is 0 Å². The highest BCUT2D eigenvalue weighted by molar-refractivity contribution is 9.10. The van der Waals surface area contributed by atoms with E-state index in [-0.39, 0.29) is 6.10 Å². The van der Waals surface area contributed by atoms with E-state index in [1.165, 1.54) is 16.0 Å². The van der Waals surface area contributed by atoms with Crippen LogP contribution in [0, 0.1) is 6.92 Å². The summed E-state index contributed by atoms with van der Waals surface area (Å²) >= 11 is 5.35. The minimum absolute atomic E-state index is 0.127. The van der Waals surface area contributed by atoms with Gasteiger partial charge in [-0.15, -0.1) is 11.3 Å². The highest BCUT2D eigenvalue weighted by atomic mass is 79.9. The summed E-state index contributed by atoms with van der Waals surface area (Å²) in [6.45, 7) is 2.12. The molecule has 0 saturated heterocycles. The summed E-state index contributed by atoms with van der Waals surface area (Å²) in [5.74, 6) is 1.00. The van der Waals surface area contributed by atoms with Crippen molar-refractivity contribution < 1.29 is 4.74 Å². The zero-order valence-corrected chi connectivity index (χ0v) is 13.3. The molecular formula is C15H16BrNOS. The number of hydrogen-bond acceptors (Lipinski definition) is 3. The molecule has 0 saturated carbocycles. The molecule has 3 rings (SSSR count). The molecule has 0 radical (unpaired) electrons. The number of thiophene rings is 1. The molecule has 2 nitrogen and oxygen atoms in total. The Morgan fingerprint density at radius 3 is 2.89 bits per heavy atom. The smallest absolute Gasteiger partial charge is 0.136 e. The van der Waals surface area contributed by atoms with Crippen LogP contribution < -0.4 is 10.1 Å². The highest BCUT2D eigenvalue weighted by Gasteiger charge is 2.30. The van der Waals surface area contributed by atoms with Crippen molar-refractivity contribution in [1.82, 2.24) is 5.32 Å². The fourth-order valence-corrected chi connectivity index (χ4v) is 4.23. The number of hydrogen-bond donors (Lipinski definition) is 1. The molecule has 1 aliphatic rings. The zero-order chi connectivity index (χ0) is 13.4. The molecule has 0 spiro atoms. The van der Waals surface area contributed by atoms with Crippen molar-refractivity contribution in [2.45, 2.75) is 25.5 Å². The number of ether oxygens (including phenoxy) is 1. The first-order valence-corrected chi connectivity index (χ1v) is 8.03. The SMILES string of the molecule is CNC1CC(c2sccc2Br)Oc2ccc(C)cc21. The Morgan fingerprint density at radius 2 is 2.21 bits per heavy atom. The second-order valence-electron chi connectivity index (χ2n) is 4.86. The van der Waals surface area contributed by atoms with E-state index in [0.29, 0.717) is 6.04 Å². The summed E-state index contributed by atoms with van der Waals surface area (Å²) in [6, 6.07) is 8.85. The normalized spacial score (nSPS) is 21.8. The molecule has 0 aliphatic carbocycles. The van der Waals surface area contributed by atoms with Crippen LogP contribution in [0.15, 0.2) is 34.1 Å². The Morgan fingerprint density at radius 1 is 1.37 bits per heavy atom. The average Bonchev–Trinajstić information content (AvgIpc) is 2.84. The van der Waals surface area contributed by atoms with Gasteiger partial charge in [-0.2, -0.15) is 0 Å². The van der Waals surface area contributed by atoms with Gasteiger partial charge in [-0.3, -0.25) is 0 Å². The molecule has 0 bridgehead atoms. The van der Waals surface area contributed by atoms with Gasteiger partial charge in [0.05, 0.1) is 4.88 Å². The zero-order valence-electron chi connectivity index (χ0n) is 10.9. The van der Waals surface area contributed by atoms with Crippen molar-refractivity contribution >= 4 is 27.3 Å². The van der Waals surface area contributed by atoms with Gasteiger partial charge < -0.3 is 10.1 Å². The summed E-state index contributed by atoms with van der Waals surface area (Å²) in [5.41, 5.74) is 2.55. The lowest BCUT2D eigenvalue weighted by Gasteiger charge is -2.32. The van der Waals surface area contributed by atoms with Crippen molar-refractivity contribution in [2.75, 3.05) is 7.05 Å². The quantitative estimate of drug-likeness (QED) is 0.864.